The fourth-order valence-corrected chi connectivity index (χ4v) is 5.11. The number of rotatable bonds is 2. The van der Waals surface area contributed by atoms with Crippen molar-refractivity contribution >= 4 is 27.3 Å². The van der Waals surface area contributed by atoms with Gasteiger partial charge in [-0.1, -0.05) is 54.6 Å². The van der Waals surface area contributed by atoms with Gasteiger partial charge in [0.2, 0.25) is 0 Å². The van der Waals surface area contributed by atoms with Crippen LogP contribution in [-0.4, -0.2) is 5.11 Å². The lowest BCUT2D eigenvalue weighted by Gasteiger charge is -2.39. The molecule has 110 valence electrons. The van der Waals surface area contributed by atoms with Crippen LogP contribution in [0, 0.1) is 5.41 Å². The molecule has 1 N–H and O–H groups in total. The van der Waals surface area contributed by atoms with Crippen LogP contribution in [0.25, 0.3) is 10.4 Å². The molecule has 0 radical (unpaired) electrons. The molecule has 0 bridgehead atoms. The van der Waals surface area contributed by atoms with Crippen molar-refractivity contribution in [3.63, 3.8) is 0 Å². The Morgan fingerprint density at radius 3 is 2.76 bits per heavy atom. The first-order valence-electron chi connectivity index (χ1n) is 7.08. The second kappa shape index (κ2) is 5.08. The number of fused-ring (bicyclic) bond motifs is 1. The molecule has 0 fully saturated rings. The molecular weight excluding hydrogens is 344 g/mol. The molecule has 1 aromatic heterocycles. The van der Waals surface area contributed by atoms with Gasteiger partial charge < -0.3 is 5.11 Å². The lowest BCUT2D eigenvalue weighted by Crippen LogP contribution is -2.36. The molecule has 1 heterocycles. The third kappa shape index (κ3) is 2.75. The summed E-state index contributed by atoms with van der Waals surface area (Å²) in [6.45, 7) is 8.29. The first kappa shape index (κ1) is 15.0. The number of halogens is 1. The molecule has 1 aromatic carbocycles. The molecule has 0 saturated heterocycles. The van der Waals surface area contributed by atoms with Crippen molar-refractivity contribution in [3.05, 3.63) is 57.9 Å². The molecule has 21 heavy (non-hydrogen) atoms. The zero-order valence-corrected chi connectivity index (χ0v) is 14.7. The van der Waals surface area contributed by atoms with E-state index in [1.165, 1.54) is 15.3 Å². The van der Waals surface area contributed by atoms with E-state index >= 15 is 0 Å². The lowest BCUT2D eigenvalue weighted by molar-refractivity contribution is 0.0276. The fourth-order valence-electron chi connectivity index (χ4n) is 3.21. The van der Waals surface area contributed by atoms with E-state index in [1.807, 2.05) is 12.1 Å². The lowest BCUT2D eigenvalue weighted by atomic mass is 9.69. The molecule has 3 heteroatoms. The third-order valence-electron chi connectivity index (χ3n) is 4.11. The number of hydrogen-bond donors (Lipinski definition) is 1. The van der Waals surface area contributed by atoms with Gasteiger partial charge in [-0.25, -0.2) is 0 Å². The van der Waals surface area contributed by atoms with Crippen LogP contribution in [0.1, 0.15) is 30.7 Å². The molecule has 1 atom stereocenters. The minimum absolute atomic E-state index is 0.0926. The molecule has 1 aliphatic rings. The molecule has 3 rings (SSSR count). The van der Waals surface area contributed by atoms with E-state index in [9.17, 15) is 5.11 Å². The maximum absolute atomic E-state index is 11.0. The highest BCUT2D eigenvalue weighted by Gasteiger charge is 2.41. The predicted molar refractivity (Wildman–Crippen MR) is 93.7 cm³/mol. The molecule has 0 amide bonds. The van der Waals surface area contributed by atoms with Gasteiger partial charge >= 0.3 is 0 Å². The molecular formula is C18H19BrOS. The quantitative estimate of drug-likeness (QED) is 0.696. The molecule has 1 aliphatic carbocycles. The van der Waals surface area contributed by atoms with E-state index in [0.717, 1.165) is 22.9 Å². The number of benzene rings is 1. The Morgan fingerprint density at radius 2 is 2.10 bits per heavy atom. The second-order valence-corrected chi connectivity index (χ2v) is 8.66. The molecule has 0 spiro atoms. The van der Waals surface area contributed by atoms with Crippen LogP contribution in [0.2, 0.25) is 0 Å². The van der Waals surface area contributed by atoms with Crippen molar-refractivity contribution in [2.45, 2.75) is 32.3 Å². The average molecular weight is 363 g/mol. The maximum atomic E-state index is 11.0. The third-order valence-corrected chi connectivity index (χ3v) is 5.79. The van der Waals surface area contributed by atoms with Crippen LogP contribution in [-0.2, 0) is 12.0 Å². The smallest absolute Gasteiger partial charge is 0.109 e. The zero-order valence-electron chi connectivity index (χ0n) is 12.3. The standard InChI is InChI=1S/C18H19BrOS/c1-4-18(20)11-17(2,3)10-16-14(18)9-15(21-16)12-6-5-7-13(19)8-12/h4-9,20H,1,10-11H2,2-3H3. The normalized spacial score (nSPS) is 23.6. The first-order chi connectivity index (χ1) is 9.83. The van der Waals surface area contributed by atoms with Gasteiger partial charge in [0.1, 0.15) is 5.60 Å². The van der Waals surface area contributed by atoms with Gasteiger partial charge in [0.15, 0.2) is 0 Å². The number of aliphatic hydroxyl groups is 1. The Hall–Kier alpha value is -0.900. The number of thiophene rings is 1. The molecule has 0 aliphatic heterocycles. The van der Waals surface area contributed by atoms with E-state index in [-0.39, 0.29) is 5.41 Å². The van der Waals surface area contributed by atoms with E-state index < -0.39 is 5.60 Å². The maximum Gasteiger partial charge on any atom is 0.109 e. The average Bonchev–Trinajstić information content (AvgIpc) is 2.82. The first-order valence-corrected chi connectivity index (χ1v) is 8.69. The summed E-state index contributed by atoms with van der Waals surface area (Å²) < 4.78 is 1.07. The second-order valence-electron chi connectivity index (χ2n) is 6.60. The van der Waals surface area contributed by atoms with Gasteiger partial charge in [-0.2, -0.15) is 0 Å². The Morgan fingerprint density at radius 1 is 1.33 bits per heavy atom. The Labute approximate surface area is 138 Å². The SMILES string of the molecule is C=CC1(O)CC(C)(C)Cc2sc(-c3cccc(Br)c3)cc21. The van der Waals surface area contributed by atoms with E-state index in [1.54, 1.807) is 17.4 Å². The van der Waals surface area contributed by atoms with Crippen molar-refractivity contribution in [2.24, 2.45) is 5.41 Å². The molecule has 0 saturated carbocycles. The summed E-state index contributed by atoms with van der Waals surface area (Å²) in [7, 11) is 0. The summed E-state index contributed by atoms with van der Waals surface area (Å²) in [5.74, 6) is 0. The van der Waals surface area contributed by atoms with Crippen molar-refractivity contribution < 1.29 is 5.11 Å². The van der Waals surface area contributed by atoms with Gasteiger partial charge in [-0.05, 0) is 42.0 Å². The van der Waals surface area contributed by atoms with Crippen molar-refractivity contribution in [1.82, 2.24) is 0 Å². The topological polar surface area (TPSA) is 20.2 Å². The summed E-state index contributed by atoms with van der Waals surface area (Å²) in [4.78, 5) is 2.49. The summed E-state index contributed by atoms with van der Waals surface area (Å²) >= 11 is 5.31. The largest absolute Gasteiger partial charge is 0.381 e. The predicted octanol–water partition coefficient (Wildman–Crippen LogP) is 5.52. The number of hydrogen-bond acceptors (Lipinski definition) is 2. The Bertz CT molecular complexity index is 701. The van der Waals surface area contributed by atoms with E-state index in [4.69, 9.17) is 0 Å². The summed E-state index contributed by atoms with van der Waals surface area (Å²) in [5, 5.41) is 11.0. The highest BCUT2D eigenvalue weighted by molar-refractivity contribution is 9.10. The van der Waals surface area contributed by atoms with Crippen molar-refractivity contribution in [3.8, 4) is 10.4 Å². The summed E-state index contributed by atoms with van der Waals surface area (Å²) in [6.07, 6.45) is 3.44. The van der Waals surface area contributed by atoms with Gasteiger partial charge in [0, 0.05) is 19.8 Å². The monoisotopic (exact) mass is 362 g/mol. The summed E-state index contributed by atoms with van der Waals surface area (Å²) in [6, 6.07) is 10.4. The highest BCUT2D eigenvalue weighted by atomic mass is 79.9. The van der Waals surface area contributed by atoms with E-state index in [2.05, 4.69) is 54.6 Å². The van der Waals surface area contributed by atoms with Crippen LogP contribution >= 0.6 is 27.3 Å². The highest BCUT2D eigenvalue weighted by Crippen LogP contribution is 2.49. The molecule has 1 unspecified atom stereocenters. The van der Waals surface area contributed by atoms with Crippen LogP contribution in [0.15, 0.2) is 47.5 Å². The van der Waals surface area contributed by atoms with Crippen molar-refractivity contribution in [1.29, 1.82) is 0 Å². The zero-order chi connectivity index (χ0) is 15.3. The van der Waals surface area contributed by atoms with E-state index in [0.29, 0.717) is 0 Å². The minimum Gasteiger partial charge on any atom is -0.381 e. The van der Waals surface area contributed by atoms with Crippen LogP contribution in [0.4, 0.5) is 0 Å². The Balaban J connectivity index is 2.12. The summed E-state index contributed by atoms with van der Waals surface area (Å²) in [5.41, 5.74) is 1.41. The van der Waals surface area contributed by atoms with Gasteiger partial charge in [0.25, 0.3) is 0 Å². The fraction of sp³-hybridized carbons (Fsp3) is 0.333. The van der Waals surface area contributed by atoms with Crippen LogP contribution in [0.5, 0.6) is 0 Å². The molecule has 1 nitrogen and oxygen atoms in total. The molecule has 2 aromatic rings. The van der Waals surface area contributed by atoms with Crippen molar-refractivity contribution in [2.75, 3.05) is 0 Å². The Kier molecular flexibility index (Phi) is 3.63. The van der Waals surface area contributed by atoms with Crippen LogP contribution < -0.4 is 0 Å². The van der Waals surface area contributed by atoms with Gasteiger partial charge in [0.05, 0.1) is 0 Å². The van der Waals surface area contributed by atoms with Gasteiger partial charge in [-0.3, -0.25) is 0 Å². The van der Waals surface area contributed by atoms with Gasteiger partial charge in [-0.15, -0.1) is 11.3 Å². The minimum atomic E-state index is -0.905. The van der Waals surface area contributed by atoms with Crippen LogP contribution in [0.3, 0.4) is 0 Å².